The maximum Gasteiger partial charge on any atom is 0.124 e. The fourth-order valence-electron chi connectivity index (χ4n) is 2.43. The van der Waals surface area contributed by atoms with Gasteiger partial charge in [-0.2, -0.15) is 0 Å². The van der Waals surface area contributed by atoms with Gasteiger partial charge in [0.2, 0.25) is 0 Å². The Balaban J connectivity index is 2.76. The molecular formula is C17H29NO. The molecule has 0 radical (unpaired) electrons. The van der Waals surface area contributed by atoms with Crippen LogP contribution >= 0.6 is 0 Å². The van der Waals surface area contributed by atoms with E-state index in [4.69, 9.17) is 4.74 Å². The van der Waals surface area contributed by atoms with Crippen LogP contribution in [0.1, 0.15) is 59.4 Å². The molecule has 0 aliphatic rings. The molecule has 0 spiro atoms. The molecule has 19 heavy (non-hydrogen) atoms. The molecule has 0 saturated heterocycles. The van der Waals surface area contributed by atoms with Crippen LogP contribution in [0.4, 0.5) is 0 Å². The van der Waals surface area contributed by atoms with Crippen molar-refractivity contribution in [3.05, 3.63) is 29.8 Å². The molecule has 2 heteroatoms. The smallest absolute Gasteiger partial charge is 0.124 e. The monoisotopic (exact) mass is 263 g/mol. The number of nitrogens with one attached hydrogen (secondary N) is 1. The summed E-state index contributed by atoms with van der Waals surface area (Å²) in [6.07, 6.45) is 3.70. The van der Waals surface area contributed by atoms with Crippen LogP contribution in [0.2, 0.25) is 0 Å². The normalized spacial score (nSPS) is 11.9. The average molecular weight is 263 g/mol. The predicted molar refractivity (Wildman–Crippen MR) is 82.6 cm³/mol. The van der Waals surface area contributed by atoms with E-state index in [1.54, 1.807) is 0 Å². The third-order valence-corrected chi connectivity index (χ3v) is 4.02. The van der Waals surface area contributed by atoms with E-state index in [0.29, 0.717) is 0 Å². The summed E-state index contributed by atoms with van der Waals surface area (Å²) in [6, 6.07) is 8.32. The zero-order valence-electron chi connectivity index (χ0n) is 13.1. The molecule has 0 heterocycles. The maximum absolute atomic E-state index is 5.87. The number of rotatable bonds is 8. The maximum atomic E-state index is 5.87. The first-order valence-electron chi connectivity index (χ1n) is 7.56. The third-order valence-electron chi connectivity index (χ3n) is 4.02. The highest BCUT2D eigenvalue weighted by Crippen LogP contribution is 2.23. The number of para-hydroxylation sites is 1. The van der Waals surface area contributed by atoms with Gasteiger partial charge in [-0.05, 0) is 39.2 Å². The van der Waals surface area contributed by atoms with Crippen molar-refractivity contribution in [3.8, 4) is 5.75 Å². The van der Waals surface area contributed by atoms with E-state index in [-0.39, 0.29) is 11.6 Å². The quantitative estimate of drug-likeness (QED) is 0.744. The van der Waals surface area contributed by atoms with E-state index in [0.717, 1.165) is 31.6 Å². The Morgan fingerprint density at radius 3 is 2.16 bits per heavy atom. The van der Waals surface area contributed by atoms with Gasteiger partial charge in [-0.1, -0.05) is 39.0 Å². The van der Waals surface area contributed by atoms with Crippen molar-refractivity contribution < 1.29 is 4.74 Å². The van der Waals surface area contributed by atoms with Crippen LogP contribution in [0.3, 0.4) is 0 Å². The molecule has 0 amide bonds. The molecule has 1 aromatic rings. The van der Waals surface area contributed by atoms with Crippen LogP contribution in [0.5, 0.6) is 5.75 Å². The first-order valence-corrected chi connectivity index (χ1v) is 7.56. The van der Waals surface area contributed by atoms with E-state index in [2.05, 4.69) is 58.1 Å². The summed E-state index contributed by atoms with van der Waals surface area (Å²) >= 11 is 0. The summed E-state index contributed by atoms with van der Waals surface area (Å²) in [5, 5.41) is 3.73. The van der Waals surface area contributed by atoms with Gasteiger partial charge in [0, 0.05) is 17.6 Å². The lowest BCUT2D eigenvalue weighted by atomic mass is 9.89. The lowest BCUT2D eigenvalue weighted by Crippen LogP contribution is -2.43. The molecule has 0 fully saturated rings. The molecule has 0 unspecified atom stereocenters. The van der Waals surface area contributed by atoms with Gasteiger partial charge in [0.15, 0.2) is 0 Å². The summed E-state index contributed by atoms with van der Waals surface area (Å²) in [5.74, 6) is 1.00. The minimum Gasteiger partial charge on any atom is -0.491 e. The number of benzene rings is 1. The standard InChI is InChI=1S/C17H29NO/c1-6-17(7-2,8-3)18-13-15-11-9-10-12-16(15)19-14(4)5/h9-12,14,18H,6-8,13H2,1-5H3. The SMILES string of the molecule is CCC(CC)(CC)NCc1ccccc1OC(C)C. The van der Waals surface area contributed by atoms with Crippen molar-refractivity contribution in [1.29, 1.82) is 0 Å². The molecule has 2 nitrogen and oxygen atoms in total. The van der Waals surface area contributed by atoms with Gasteiger partial charge in [-0.25, -0.2) is 0 Å². The molecule has 0 aromatic heterocycles. The second-order valence-electron chi connectivity index (χ2n) is 5.47. The molecule has 1 N–H and O–H groups in total. The summed E-state index contributed by atoms with van der Waals surface area (Å²) < 4.78 is 5.87. The number of hydrogen-bond donors (Lipinski definition) is 1. The molecule has 0 aliphatic heterocycles. The van der Waals surface area contributed by atoms with Crippen LogP contribution in [-0.4, -0.2) is 11.6 Å². The van der Waals surface area contributed by atoms with Gasteiger partial charge in [0.05, 0.1) is 6.10 Å². The highest BCUT2D eigenvalue weighted by molar-refractivity contribution is 5.33. The van der Waals surface area contributed by atoms with Crippen molar-refractivity contribution in [3.63, 3.8) is 0 Å². The van der Waals surface area contributed by atoms with Gasteiger partial charge in [-0.15, -0.1) is 0 Å². The molecule has 0 bridgehead atoms. The van der Waals surface area contributed by atoms with E-state index in [1.807, 2.05) is 6.07 Å². The van der Waals surface area contributed by atoms with Gasteiger partial charge < -0.3 is 10.1 Å². The van der Waals surface area contributed by atoms with Crippen LogP contribution in [0.15, 0.2) is 24.3 Å². The van der Waals surface area contributed by atoms with E-state index >= 15 is 0 Å². The molecule has 0 saturated carbocycles. The van der Waals surface area contributed by atoms with E-state index in [1.165, 1.54) is 5.56 Å². The lowest BCUT2D eigenvalue weighted by molar-refractivity contribution is 0.236. The fraction of sp³-hybridized carbons (Fsp3) is 0.647. The van der Waals surface area contributed by atoms with Gasteiger partial charge in [-0.3, -0.25) is 0 Å². The Bertz CT molecular complexity index is 361. The Kier molecular flexibility index (Phi) is 6.36. The van der Waals surface area contributed by atoms with Crippen LogP contribution in [0, 0.1) is 0 Å². The molecule has 108 valence electrons. The first kappa shape index (κ1) is 16.0. The van der Waals surface area contributed by atoms with Crippen LogP contribution in [-0.2, 0) is 6.54 Å². The number of ether oxygens (including phenoxy) is 1. The van der Waals surface area contributed by atoms with Gasteiger partial charge in [0.25, 0.3) is 0 Å². The largest absolute Gasteiger partial charge is 0.491 e. The molecule has 1 rings (SSSR count). The summed E-state index contributed by atoms with van der Waals surface area (Å²) in [5.41, 5.74) is 1.50. The Labute approximate surface area is 118 Å². The van der Waals surface area contributed by atoms with E-state index in [9.17, 15) is 0 Å². The van der Waals surface area contributed by atoms with Crippen LogP contribution < -0.4 is 10.1 Å². The fourth-order valence-corrected chi connectivity index (χ4v) is 2.43. The van der Waals surface area contributed by atoms with Crippen molar-refractivity contribution in [2.24, 2.45) is 0 Å². The van der Waals surface area contributed by atoms with Gasteiger partial charge in [0.1, 0.15) is 5.75 Å². The van der Waals surface area contributed by atoms with E-state index < -0.39 is 0 Å². The van der Waals surface area contributed by atoms with Gasteiger partial charge >= 0.3 is 0 Å². The average Bonchev–Trinajstić information content (AvgIpc) is 2.42. The molecular weight excluding hydrogens is 234 g/mol. The highest BCUT2D eigenvalue weighted by Gasteiger charge is 2.23. The molecule has 1 aromatic carbocycles. The minimum absolute atomic E-state index is 0.217. The van der Waals surface area contributed by atoms with Crippen molar-refractivity contribution in [1.82, 2.24) is 5.32 Å². The summed E-state index contributed by atoms with van der Waals surface area (Å²) in [4.78, 5) is 0. The topological polar surface area (TPSA) is 21.3 Å². The highest BCUT2D eigenvalue weighted by atomic mass is 16.5. The zero-order chi connectivity index (χ0) is 14.3. The lowest BCUT2D eigenvalue weighted by Gasteiger charge is -2.32. The Morgan fingerprint density at radius 2 is 1.63 bits per heavy atom. The second-order valence-corrected chi connectivity index (χ2v) is 5.47. The Hall–Kier alpha value is -1.02. The first-order chi connectivity index (χ1) is 9.06. The summed E-state index contributed by atoms with van der Waals surface area (Å²) in [7, 11) is 0. The number of hydrogen-bond acceptors (Lipinski definition) is 2. The van der Waals surface area contributed by atoms with Crippen molar-refractivity contribution >= 4 is 0 Å². The molecule has 0 atom stereocenters. The molecule has 0 aliphatic carbocycles. The minimum atomic E-state index is 0.217. The Morgan fingerprint density at radius 1 is 1.05 bits per heavy atom. The zero-order valence-corrected chi connectivity index (χ0v) is 13.1. The van der Waals surface area contributed by atoms with Crippen molar-refractivity contribution in [2.75, 3.05) is 0 Å². The van der Waals surface area contributed by atoms with Crippen molar-refractivity contribution in [2.45, 2.75) is 72.1 Å². The third kappa shape index (κ3) is 4.54. The summed E-state index contributed by atoms with van der Waals surface area (Å²) in [6.45, 7) is 11.8. The second kappa shape index (κ2) is 7.54. The predicted octanol–water partition coefficient (Wildman–Crippen LogP) is 4.53. The van der Waals surface area contributed by atoms with Crippen LogP contribution in [0.25, 0.3) is 0 Å².